The van der Waals surface area contributed by atoms with Gasteiger partial charge in [-0.2, -0.15) is 0 Å². The van der Waals surface area contributed by atoms with Crippen LogP contribution in [0.2, 0.25) is 0 Å². The lowest BCUT2D eigenvalue weighted by atomic mass is 9.42. The van der Waals surface area contributed by atoms with Gasteiger partial charge in [-0.05, 0) is 74.1 Å². The van der Waals surface area contributed by atoms with Crippen LogP contribution in [0.15, 0.2) is 42.5 Å². The second kappa shape index (κ2) is 13.0. The van der Waals surface area contributed by atoms with Crippen molar-refractivity contribution < 1.29 is 33.2 Å². The standard InChI is InChI=1S/C38H51NO7/c1-40-16-17-42-18-19-43-20-21-45-32-11-10-29-30-12-13-38(41-2)28(25-44-24-27-6-4-3-5-7-27)22-31-34(30)39(23-26-8-9-26)15-14-37(31)33(29)35(32)46-36(37)38/h3-7,10-11,26,28,30-31,34,36H,8-9,12-25H2,1-2H3/t28-,30?,31-,34-,36-,37+,38-/m1/s1. The summed E-state index contributed by atoms with van der Waals surface area (Å²) in [6, 6.07) is 15.6. The number of rotatable bonds is 17. The van der Waals surface area contributed by atoms with Gasteiger partial charge in [-0.15, -0.1) is 0 Å². The van der Waals surface area contributed by atoms with Crippen LogP contribution in [-0.2, 0) is 35.7 Å². The van der Waals surface area contributed by atoms with Gasteiger partial charge in [0.1, 0.15) is 18.3 Å². The average molecular weight is 634 g/mol. The fraction of sp³-hybridized carbons (Fsp3) is 0.684. The van der Waals surface area contributed by atoms with Crippen molar-refractivity contribution in [1.29, 1.82) is 0 Å². The summed E-state index contributed by atoms with van der Waals surface area (Å²) >= 11 is 0. The van der Waals surface area contributed by atoms with Crippen LogP contribution in [0.25, 0.3) is 0 Å². The van der Waals surface area contributed by atoms with Crippen LogP contribution in [-0.4, -0.2) is 96.2 Å². The first-order chi connectivity index (χ1) is 22.7. The molecule has 5 aliphatic carbocycles. The quantitative estimate of drug-likeness (QED) is 0.216. The molecule has 0 amide bonds. The van der Waals surface area contributed by atoms with Crippen LogP contribution >= 0.6 is 0 Å². The number of ether oxygens (including phenoxy) is 7. The molecule has 2 aromatic rings. The molecule has 1 unspecified atom stereocenters. The molecule has 0 radical (unpaired) electrons. The second-order valence-corrected chi connectivity index (χ2v) is 14.5. The van der Waals surface area contributed by atoms with Gasteiger partial charge in [0.25, 0.3) is 0 Å². The summed E-state index contributed by atoms with van der Waals surface area (Å²) in [5.74, 6) is 3.99. The monoisotopic (exact) mass is 633 g/mol. The zero-order chi connectivity index (χ0) is 31.1. The third-order valence-corrected chi connectivity index (χ3v) is 12.3. The molecule has 7 bridgehead atoms. The van der Waals surface area contributed by atoms with E-state index in [0.29, 0.717) is 70.7 Å². The van der Waals surface area contributed by atoms with Crippen LogP contribution in [0, 0.1) is 17.8 Å². The number of hydrogen-bond donors (Lipinski definition) is 0. The topological polar surface area (TPSA) is 67.9 Å². The molecule has 3 saturated carbocycles. The van der Waals surface area contributed by atoms with E-state index in [1.807, 2.05) is 7.11 Å². The van der Waals surface area contributed by atoms with Crippen LogP contribution in [0.5, 0.6) is 11.5 Å². The van der Waals surface area contributed by atoms with E-state index in [-0.39, 0.29) is 17.4 Å². The maximum Gasteiger partial charge on any atom is 0.165 e. The molecule has 46 heavy (non-hydrogen) atoms. The third-order valence-electron chi connectivity index (χ3n) is 12.3. The first-order valence-electron chi connectivity index (χ1n) is 17.7. The fourth-order valence-corrected chi connectivity index (χ4v) is 10.2. The number of piperidine rings is 1. The molecule has 0 N–H and O–H groups in total. The Morgan fingerprint density at radius 1 is 0.870 bits per heavy atom. The van der Waals surface area contributed by atoms with Crippen molar-refractivity contribution in [2.45, 2.75) is 74.2 Å². The smallest absolute Gasteiger partial charge is 0.165 e. The van der Waals surface area contributed by atoms with Gasteiger partial charge in [0, 0.05) is 49.6 Å². The molecule has 7 aliphatic rings. The summed E-state index contributed by atoms with van der Waals surface area (Å²) in [6.45, 7) is 6.97. The van der Waals surface area contributed by atoms with Crippen molar-refractivity contribution in [3.05, 3.63) is 59.2 Å². The minimum Gasteiger partial charge on any atom is -0.487 e. The molecule has 2 aromatic carbocycles. The summed E-state index contributed by atoms with van der Waals surface area (Å²) in [5, 5.41) is 0. The fourth-order valence-electron chi connectivity index (χ4n) is 10.2. The normalized spacial score (nSPS) is 33.6. The molecule has 1 saturated heterocycles. The number of methoxy groups -OCH3 is 2. The number of benzene rings is 2. The highest BCUT2D eigenvalue weighted by Gasteiger charge is 2.74. The van der Waals surface area contributed by atoms with Gasteiger partial charge in [0.15, 0.2) is 11.5 Å². The Labute approximate surface area is 273 Å². The van der Waals surface area contributed by atoms with E-state index in [4.69, 9.17) is 33.2 Å². The van der Waals surface area contributed by atoms with Crippen molar-refractivity contribution in [2.75, 3.05) is 73.6 Å². The summed E-state index contributed by atoms with van der Waals surface area (Å²) in [6.07, 6.45) is 7.10. The third kappa shape index (κ3) is 5.19. The largest absolute Gasteiger partial charge is 0.487 e. The summed E-state index contributed by atoms with van der Waals surface area (Å²) in [4.78, 5) is 2.91. The van der Waals surface area contributed by atoms with Gasteiger partial charge in [0.05, 0.1) is 46.2 Å². The Kier molecular flexibility index (Phi) is 8.80. The molecule has 2 aliphatic heterocycles. The Bertz CT molecular complexity index is 1350. The predicted octanol–water partition coefficient (Wildman–Crippen LogP) is 5.36. The second-order valence-electron chi connectivity index (χ2n) is 14.5. The SMILES string of the molecule is COCCOCCOCCOc1ccc2c3c1O[C@H]1[C@@]4(OC)CCC2[C@@H]2[C@@H](C[C@@H]4COCc4ccccc4)[C@@]31CCN2CC1CC1. The van der Waals surface area contributed by atoms with Gasteiger partial charge in [0.2, 0.25) is 0 Å². The maximum absolute atomic E-state index is 7.29. The molecule has 8 heteroatoms. The molecule has 7 atom stereocenters. The van der Waals surface area contributed by atoms with Gasteiger partial charge in [-0.3, -0.25) is 4.90 Å². The highest BCUT2D eigenvalue weighted by atomic mass is 16.6. The summed E-state index contributed by atoms with van der Waals surface area (Å²) in [7, 11) is 3.61. The Morgan fingerprint density at radius 3 is 2.46 bits per heavy atom. The zero-order valence-corrected chi connectivity index (χ0v) is 27.6. The Balaban J connectivity index is 1.07. The van der Waals surface area contributed by atoms with Crippen molar-refractivity contribution in [2.24, 2.45) is 17.8 Å². The maximum atomic E-state index is 7.29. The van der Waals surface area contributed by atoms with E-state index in [1.165, 1.54) is 36.1 Å². The van der Waals surface area contributed by atoms with E-state index >= 15 is 0 Å². The number of hydrogen-bond acceptors (Lipinski definition) is 8. The van der Waals surface area contributed by atoms with Crippen molar-refractivity contribution in [3.63, 3.8) is 0 Å². The lowest BCUT2D eigenvalue weighted by molar-refractivity contribution is -0.230. The highest BCUT2D eigenvalue weighted by molar-refractivity contribution is 5.63. The minimum atomic E-state index is -0.394. The molecule has 0 aromatic heterocycles. The van der Waals surface area contributed by atoms with Crippen LogP contribution in [0.3, 0.4) is 0 Å². The van der Waals surface area contributed by atoms with Gasteiger partial charge in [-0.1, -0.05) is 36.4 Å². The Morgan fingerprint density at radius 2 is 1.67 bits per heavy atom. The first-order valence-corrected chi connectivity index (χ1v) is 17.7. The van der Waals surface area contributed by atoms with Crippen molar-refractivity contribution in [1.82, 2.24) is 4.90 Å². The van der Waals surface area contributed by atoms with E-state index in [0.717, 1.165) is 49.6 Å². The van der Waals surface area contributed by atoms with E-state index in [2.05, 4.69) is 47.4 Å². The zero-order valence-electron chi connectivity index (χ0n) is 27.6. The summed E-state index contributed by atoms with van der Waals surface area (Å²) in [5.41, 5.74) is 3.74. The van der Waals surface area contributed by atoms with Crippen LogP contribution in [0.1, 0.15) is 61.1 Å². The number of fused-ring (bicyclic) bond motifs is 1. The van der Waals surface area contributed by atoms with Gasteiger partial charge < -0.3 is 33.2 Å². The van der Waals surface area contributed by atoms with E-state index in [1.54, 1.807) is 7.11 Å². The van der Waals surface area contributed by atoms with Crippen molar-refractivity contribution in [3.8, 4) is 11.5 Å². The first kappa shape index (κ1) is 31.1. The summed E-state index contributed by atoms with van der Waals surface area (Å²) < 4.78 is 43.4. The minimum absolute atomic E-state index is 0.0418. The van der Waals surface area contributed by atoms with Crippen LogP contribution < -0.4 is 9.47 Å². The molecule has 8 nitrogen and oxygen atoms in total. The highest BCUT2D eigenvalue weighted by Crippen LogP contribution is 2.71. The number of nitrogens with zero attached hydrogens (tertiary/aromatic N) is 1. The molecule has 9 rings (SSSR count). The van der Waals surface area contributed by atoms with E-state index < -0.39 is 5.60 Å². The predicted molar refractivity (Wildman–Crippen MR) is 174 cm³/mol. The van der Waals surface area contributed by atoms with E-state index in [9.17, 15) is 0 Å². The lowest BCUT2D eigenvalue weighted by Gasteiger charge is -2.67. The number of likely N-dealkylation sites (tertiary alicyclic amines) is 1. The molecule has 4 fully saturated rings. The van der Waals surface area contributed by atoms with Crippen molar-refractivity contribution >= 4 is 0 Å². The molecule has 250 valence electrons. The van der Waals surface area contributed by atoms with Gasteiger partial charge >= 0.3 is 0 Å². The van der Waals surface area contributed by atoms with Crippen LogP contribution in [0.4, 0.5) is 0 Å². The average Bonchev–Trinajstić information content (AvgIpc) is 3.82. The molecular weight excluding hydrogens is 582 g/mol. The van der Waals surface area contributed by atoms with Gasteiger partial charge in [-0.25, -0.2) is 0 Å². The lowest BCUT2D eigenvalue weighted by Crippen LogP contribution is -2.75. The Hall–Kier alpha value is -2.20. The molecular formula is C38H51NO7. The molecule has 2 heterocycles. The molecule has 1 spiro atoms.